The topological polar surface area (TPSA) is 127 Å². The van der Waals surface area contributed by atoms with Gasteiger partial charge >= 0.3 is 5.97 Å². The first-order valence-electron chi connectivity index (χ1n) is 10.6. The van der Waals surface area contributed by atoms with Crippen LogP contribution in [0.1, 0.15) is 39.2 Å². The molecule has 0 saturated carbocycles. The predicted octanol–water partition coefficient (Wildman–Crippen LogP) is 4.85. The maximum absolute atomic E-state index is 13.2. The third-order valence-corrected chi connectivity index (χ3v) is 6.01. The summed E-state index contributed by atoms with van der Waals surface area (Å²) in [6, 6.07) is 10.3. The molecule has 0 spiro atoms. The van der Waals surface area contributed by atoms with Gasteiger partial charge in [-0.2, -0.15) is 0 Å². The molecule has 1 aromatic heterocycles. The molecule has 2 amide bonds. The van der Waals surface area contributed by atoms with Gasteiger partial charge in [0.05, 0.1) is 41.8 Å². The number of methoxy groups -OCH3 is 2. The Morgan fingerprint density at radius 2 is 1.44 bits per heavy atom. The highest BCUT2D eigenvalue weighted by Gasteiger charge is 2.29. The number of ether oxygens (including phenoxy) is 2. The molecule has 3 aromatic rings. The molecule has 0 aliphatic heterocycles. The van der Waals surface area contributed by atoms with Gasteiger partial charge in [0.25, 0.3) is 11.8 Å². The number of hydrogen-bond donors (Lipinski definition) is 3. The fourth-order valence-electron chi connectivity index (χ4n) is 3.52. The molecule has 0 radical (unpaired) electrons. The van der Waals surface area contributed by atoms with Crippen molar-refractivity contribution in [3.63, 3.8) is 0 Å². The van der Waals surface area contributed by atoms with Gasteiger partial charge in [-0.05, 0) is 36.8 Å². The van der Waals surface area contributed by atoms with Gasteiger partial charge in [-0.15, -0.1) is 0 Å². The molecule has 3 N–H and O–H groups in total. The smallest absolute Gasteiger partial charge is 0.308 e. The molecule has 3 rings (SSSR count). The van der Waals surface area contributed by atoms with E-state index in [-0.39, 0.29) is 32.7 Å². The van der Waals surface area contributed by atoms with Crippen LogP contribution in [0.4, 0.5) is 5.69 Å². The van der Waals surface area contributed by atoms with E-state index in [2.05, 4.69) is 15.6 Å². The number of carbonyl (C=O) groups is 3. The van der Waals surface area contributed by atoms with Gasteiger partial charge in [0, 0.05) is 18.1 Å². The standard InChI is InChI=1S/C25H23Cl2N3O6/c1-13(25(33)34)22(30-24(32)21-18(35-2)5-4-6-19(21)36-3)14-7-9-15(10-8-14)29-23(31)20-16(26)11-28-12-17(20)27/h4-13,22H,1-3H3,(H,29,31)(H,30,32)(H,33,34). The van der Waals surface area contributed by atoms with E-state index >= 15 is 0 Å². The molecular weight excluding hydrogens is 509 g/mol. The first kappa shape index (κ1) is 26.8. The minimum Gasteiger partial charge on any atom is -0.496 e. The molecule has 0 aliphatic carbocycles. The largest absolute Gasteiger partial charge is 0.496 e. The van der Waals surface area contributed by atoms with Crippen molar-refractivity contribution in [1.82, 2.24) is 10.3 Å². The number of carboxylic acids is 1. The van der Waals surface area contributed by atoms with Crippen molar-refractivity contribution in [2.75, 3.05) is 19.5 Å². The van der Waals surface area contributed by atoms with Gasteiger partial charge in [-0.25, -0.2) is 0 Å². The zero-order chi connectivity index (χ0) is 26.4. The highest BCUT2D eigenvalue weighted by Crippen LogP contribution is 2.31. The monoisotopic (exact) mass is 531 g/mol. The summed E-state index contributed by atoms with van der Waals surface area (Å²) in [7, 11) is 2.84. The van der Waals surface area contributed by atoms with E-state index < -0.39 is 29.7 Å². The number of nitrogens with zero attached hydrogens (tertiary/aromatic N) is 1. The van der Waals surface area contributed by atoms with E-state index in [0.717, 1.165) is 0 Å². The summed E-state index contributed by atoms with van der Waals surface area (Å²) in [6.45, 7) is 1.48. The van der Waals surface area contributed by atoms with Gasteiger partial charge in [0.2, 0.25) is 0 Å². The Morgan fingerprint density at radius 1 is 0.889 bits per heavy atom. The minimum absolute atomic E-state index is 0.0767. The number of aromatic nitrogens is 1. The second-order valence-electron chi connectivity index (χ2n) is 7.67. The molecule has 2 aromatic carbocycles. The molecule has 0 bridgehead atoms. The lowest BCUT2D eigenvalue weighted by Gasteiger charge is -2.24. The maximum atomic E-state index is 13.2. The van der Waals surface area contributed by atoms with Crippen LogP contribution in [0.25, 0.3) is 0 Å². The molecular formula is C25H23Cl2N3O6. The molecule has 0 saturated heterocycles. The number of amides is 2. The number of carbonyl (C=O) groups excluding carboxylic acids is 2. The summed E-state index contributed by atoms with van der Waals surface area (Å²) < 4.78 is 10.6. The summed E-state index contributed by atoms with van der Waals surface area (Å²) in [5, 5.41) is 15.3. The second-order valence-corrected chi connectivity index (χ2v) is 8.48. The van der Waals surface area contributed by atoms with Crippen LogP contribution in [0, 0.1) is 5.92 Å². The number of hydrogen-bond acceptors (Lipinski definition) is 6. The minimum atomic E-state index is -1.10. The van der Waals surface area contributed by atoms with E-state index in [4.69, 9.17) is 32.7 Å². The van der Waals surface area contributed by atoms with Crippen LogP contribution >= 0.6 is 23.2 Å². The van der Waals surface area contributed by atoms with Gasteiger partial charge in [-0.1, -0.05) is 41.4 Å². The van der Waals surface area contributed by atoms with Crippen LogP contribution in [0.3, 0.4) is 0 Å². The lowest BCUT2D eigenvalue weighted by atomic mass is 9.93. The maximum Gasteiger partial charge on any atom is 0.308 e. The van der Waals surface area contributed by atoms with E-state index in [9.17, 15) is 19.5 Å². The summed E-state index contributed by atoms with van der Waals surface area (Å²) in [5.74, 6) is -2.63. The Balaban J connectivity index is 1.87. The first-order chi connectivity index (χ1) is 17.2. The second kappa shape index (κ2) is 11.7. The summed E-state index contributed by atoms with van der Waals surface area (Å²) in [6.07, 6.45) is 2.62. The Kier molecular flexibility index (Phi) is 8.73. The first-order valence-corrected chi connectivity index (χ1v) is 11.4. The molecule has 2 unspecified atom stereocenters. The predicted molar refractivity (Wildman–Crippen MR) is 135 cm³/mol. The Morgan fingerprint density at radius 3 is 1.94 bits per heavy atom. The molecule has 9 nitrogen and oxygen atoms in total. The van der Waals surface area contributed by atoms with Crippen LogP contribution in [0.15, 0.2) is 54.9 Å². The van der Waals surface area contributed by atoms with Crippen molar-refractivity contribution in [2.24, 2.45) is 5.92 Å². The zero-order valence-electron chi connectivity index (χ0n) is 19.5. The highest BCUT2D eigenvalue weighted by atomic mass is 35.5. The fraction of sp³-hybridized carbons (Fsp3) is 0.200. The van der Waals surface area contributed by atoms with Crippen LogP contribution in [0.2, 0.25) is 10.0 Å². The number of nitrogens with one attached hydrogen (secondary N) is 2. The average Bonchev–Trinajstić information content (AvgIpc) is 2.86. The lowest BCUT2D eigenvalue weighted by molar-refractivity contribution is -0.142. The van der Waals surface area contributed by atoms with Crippen molar-refractivity contribution in [3.8, 4) is 11.5 Å². The SMILES string of the molecule is COc1cccc(OC)c1C(=O)NC(c1ccc(NC(=O)c2c(Cl)cncc2Cl)cc1)C(C)C(=O)O. The van der Waals surface area contributed by atoms with Crippen LogP contribution in [0.5, 0.6) is 11.5 Å². The number of aliphatic carboxylic acids is 1. The molecule has 0 aliphatic rings. The molecule has 36 heavy (non-hydrogen) atoms. The number of carboxylic acid groups (broad SMARTS) is 1. The number of anilines is 1. The normalized spacial score (nSPS) is 12.2. The molecule has 0 fully saturated rings. The summed E-state index contributed by atoms with van der Waals surface area (Å²) in [5.41, 5.74) is 1.13. The fourth-order valence-corrected chi connectivity index (χ4v) is 4.06. The van der Waals surface area contributed by atoms with E-state index in [1.54, 1.807) is 42.5 Å². The van der Waals surface area contributed by atoms with E-state index in [1.807, 2.05) is 0 Å². The lowest BCUT2D eigenvalue weighted by Crippen LogP contribution is -2.36. The van der Waals surface area contributed by atoms with Gasteiger partial charge in [0.1, 0.15) is 17.1 Å². The van der Waals surface area contributed by atoms with Crippen LogP contribution in [-0.2, 0) is 4.79 Å². The molecule has 188 valence electrons. The van der Waals surface area contributed by atoms with Crippen molar-refractivity contribution >= 4 is 46.7 Å². The van der Waals surface area contributed by atoms with E-state index in [0.29, 0.717) is 11.3 Å². The number of benzene rings is 2. The van der Waals surface area contributed by atoms with Crippen molar-refractivity contribution in [3.05, 3.63) is 81.6 Å². The Labute approximate surface area is 217 Å². The average molecular weight is 532 g/mol. The Bertz CT molecular complexity index is 1240. The van der Waals surface area contributed by atoms with Crippen LogP contribution in [-0.4, -0.2) is 42.1 Å². The van der Waals surface area contributed by atoms with Crippen molar-refractivity contribution in [2.45, 2.75) is 13.0 Å². The van der Waals surface area contributed by atoms with Crippen molar-refractivity contribution in [1.29, 1.82) is 0 Å². The van der Waals surface area contributed by atoms with Crippen molar-refractivity contribution < 1.29 is 29.0 Å². The Hall–Kier alpha value is -3.82. The van der Waals surface area contributed by atoms with Gasteiger partial charge < -0.3 is 25.2 Å². The molecule has 11 heteroatoms. The number of pyridine rings is 1. The number of rotatable bonds is 9. The van der Waals surface area contributed by atoms with Gasteiger partial charge in [-0.3, -0.25) is 19.4 Å². The zero-order valence-corrected chi connectivity index (χ0v) is 21.1. The third kappa shape index (κ3) is 5.87. The quantitative estimate of drug-likeness (QED) is 0.360. The van der Waals surface area contributed by atoms with Gasteiger partial charge in [0.15, 0.2) is 0 Å². The summed E-state index contributed by atoms with van der Waals surface area (Å²) >= 11 is 12.1. The number of halogens is 2. The molecule has 1 heterocycles. The highest BCUT2D eigenvalue weighted by molar-refractivity contribution is 6.40. The third-order valence-electron chi connectivity index (χ3n) is 5.44. The summed E-state index contributed by atoms with van der Waals surface area (Å²) in [4.78, 5) is 41.5. The molecule has 2 atom stereocenters. The van der Waals surface area contributed by atoms with E-state index in [1.165, 1.54) is 33.5 Å². The van der Waals surface area contributed by atoms with Crippen LogP contribution < -0.4 is 20.1 Å².